The number of nitro benzene ring substituents is 1. The Morgan fingerprint density at radius 1 is 1.29 bits per heavy atom. The van der Waals surface area contributed by atoms with Crippen LogP contribution in [0.25, 0.3) is 0 Å². The molecule has 3 N–H and O–H groups in total. The van der Waals surface area contributed by atoms with E-state index in [-0.39, 0.29) is 17.5 Å². The maximum absolute atomic E-state index is 11.5. The molecule has 1 heterocycles. The minimum atomic E-state index is -0.430. The van der Waals surface area contributed by atoms with Gasteiger partial charge in [0.15, 0.2) is 0 Å². The zero-order valence-corrected chi connectivity index (χ0v) is 16.2. The highest BCUT2D eigenvalue weighted by Gasteiger charge is 2.23. The zero-order valence-electron chi connectivity index (χ0n) is 15.4. The molecule has 3 rings (SSSR count). The first-order valence-electron chi connectivity index (χ1n) is 9.19. The van der Waals surface area contributed by atoms with Crippen LogP contribution in [0.15, 0.2) is 42.5 Å². The molecule has 0 radical (unpaired) electrons. The van der Waals surface area contributed by atoms with E-state index in [1.54, 1.807) is 6.07 Å². The first-order valence-corrected chi connectivity index (χ1v) is 9.57. The van der Waals surface area contributed by atoms with Gasteiger partial charge in [0.05, 0.1) is 10.8 Å². The van der Waals surface area contributed by atoms with Gasteiger partial charge in [-0.25, -0.2) is 0 Å². The molecule has 8 heteroatoms. The smallest absolute Gasteiger partial charge is 0.292 e. The number of piperidine rings is 1. The molecular formula is C20H23ClN4O3. The number of nitrogens with one attached hydrogen (secondary N) is 1. The van der Waals surface area contributed by atoms with Gasteiger partial charge in [-0.1, -0.05) is 35.9 Å². The Morgan fingerprint density at radius 3 is 2.82 bits per heavy atom. The number of hydrogen-bond donors (Lipinski definition) is 2. The summed E-state index contributed by atoms with van der Waals surface area (Å²) in [7, 11) is 0. The summed E-state index contributed by atoms with van der Waals surface area (Å²) in [4.78, 5) is 24.4. The Balaban J connectivity index is 1.65. The number of hydrogen-bond acceptors (Lipinski definition) is 5. The molecule has 1 saturated heterocycles. The molecule has 2 aromatic rings. The zero-order chi connectivity index (χ0) is 20.1. The highest BCUT2D eigenvalue weighted by Crippen LogP contribution is 2.28. The van der Waals surface area contributed by atoms with Crippen molar-refractivity contribution in [3.8, 4) is 0 Å². The van der Waals surface area contributed by atoms with Crippen molar-refractivity contribution in [2.75, 3.05) is 18.4 Å². The van der Waals surface area contributed by atoms with Gasteiger partial charge in [0.25, 0.3) is 5.69 Å². The molecule has 0 saturated carbocycles. The number of primary amides is 1. The number of carbonyl (C=O) groups is 1. The van der Waals surface area contributed by atoms with E-state index in [2.05, 4.69) is 16.3 Å². The van der Waals surface area contributed by atoms with Gasteiger partial charge in [0.1, 0.15) is 5.69 Å². The van der Waals surface area contributed by atoms with Gasteiger partial charge in [-0.05, 0) is 42.6 Å². The van der Waals surface area contributed by atoms with Crippen LogP contribution in [0.1, 0.15) is 24.0 Å². The van der Waals surface area contributed by atoms with Gasteiger partial charge in [0, 0.05) is 30.7 Å². The second-order valence-corrected chi connectivity index (χ2v) is 7.51. The fraction of sp³-hybridized carbons (Fsp3) is 0.350. The molecule has 1 amide bonds. The van der Waals surface area contributed by atoms with Crippen molar-refractivity contribution >= 4 is 28.9 Å². The highest BCUT2D eigenvalue weighted by atomic mass is 35.5. The number of nitrogens with zero attached hydrogens (tertiary/aromatic N) is 2. The number of nitrogens with two attached hydrogens (primary N) is 1. The summed E-state index contributed by atoms with van der Waals surface area (Å²) in [5.41, 5.74) is 7.98. The largest absolute Gasteiger partial charge is 0.375 e. The third-order valence-corrected chi connectivity index (χ3v) is 5.18. The minimum absolute atomic E-state index is 0.00800. The van der Waals surface area contributed by atoms with Gasteiger partial charge in [-0.2, -0.15) is 0 Å². The Hall–Kier alpha value is -2.64. The standard InChI is InChI=1S/C20H23ClN4O3/c21-17-6-7-19(25(27)28)18(10-17)23-11-14-3-1-4-15(9-14)12-24-8-2-5-16(13-24)20(22)26/h1,3-4,6-7,9-10,16,23H,2,5,8,11-13H2,(H2,22,26)/t16-/m0/s1. The number of carbonyl (C=O) groups excluding carboxylic acids is 1. The summed E-state index contributed by atoms with van der Waals surface area (Å²) in [6.45, 7) is 2.82. The average molecular weight is 403 g/mol. The van der Waals surface area contributed by atoms with E-state index in [4.69, 9.17) is 17.3 Å². The van der Waals surface area contributed by atoms with Crippen molar-refractivity contribution in [1.82, 2.24) is 4.90 Å². The van der Waals surface area contributed by atoms with Crippen molar-refractivity contribution < 1.29 is 9.72 Å². The van der Waals surface area contributed by atoms with Crippen LogP contribution in [-0.4, -0.2) is 28.8 Å². The number of amides is 1. The molecule has 148 valence electrons. The van der Waals surface area contributed by atoms with Gasteiger partial charge in [-0.3, -0.25) is 19.8 Å². The van der Waals surface area contributed by atoms with Crippen molar-refractivity contribution in [2.45, 2.75) is 25.9 Å². The normalized spacial score (nSPS) is 17.2. The summed E-state index contributed by atoms with van der Waals surface area (Å²) in [5, 5.41) is 14.7. The molecule has 0 spiro atoms. The quantitative estimate of drug-likeness (QED) is 0.544. The Kier molecular flexibility index (Phi) is 6.49. The highest BCUT2D eigenvalue weighted by molar-refractivity contribution is 6.31. The number of likely N-dealkylation sites (tertiary alicyclic amines) is 1. The molecule has 1 aliphatic rings. The Morgan fingerprint density at radius 2 is 2.07 bits per heavy atom. The summed E-state index contributed by atoms with van der Waals surface area (Å²) in [5.74, 6) is -0.312. The molecule has 7 nitrogen and oxygen atoms in total. The van der Waals surface area contributed by atoms with Gasteiger partial charge < -0.3 is 11.1 Å². The molecule has 1 fully saturated rings. The van der Waals surface area contributed by atoms with Crippen LogP contribution in [0.2, 0.25) is 5.02 Å². The summed E-state index contributed by atoms with van der Waals surface area (Å²) < 4.78 is 0. The lowest BCUT2D eigenvalue weighted by molar-refractivity contribution is -0.384. The number of benzene rings is 2. The molecule has 0 bridgehead atoms. The van der Waals surface area contributed by atoms with Gasteiger partial charge >= 0.3 is 0 Å². The van der Waals surface area contributed by atoms with Crippen LogP contribution < -0.4 is 11.1 Å². The van der Waals surface area contributed by atoms with E-state index in [1.807, 2.05) is 18.2 Å². The molecule has 1 atom stereocenters. The third-order valence-electron chi connectivity index (χ3n) is 4.94. The van der Waals surface area contributed by atoms with Crippen LogP contribution in [0.3, 0.4) is 0 Å². The fourth-order valence-electron chi connectivity index (χ4n) is 3.53. The van der Waals surface area contributed by atoms with Gasteiger partial charge in [0.2, 0.25) is 5.91 Å². The third kappa shape index (κ3) is 5.21. The monoisotopic (exact) mass is 402 g/mol. The lowest BCUT2D eigenvalue weighted by Gasteiger charge is -2.31. The van der Waals surface area contributed by atoms with E-state index < -0.39 is 4.92 Å². The van der Waals surface area contributed by atoms with Crippen molar-refractivity contribution in [2.24, 2.45) is 11.7 Å². The number of rotatable bonds is 7. The van der Waals surface area contributed by atoms with Crippen LogP contribution in [0.4, 0.5) is 11.4 Å². The van der Waals surface area contributed by atoms with Crippen LogP contribution >= 0.6 is 11.6 Å². The fourth-order valence-corrected chi connectivity index (χ4v) is 3.71. The van der Waals surface area contributed by atoms with E-state index in [9.17, 15) is 14.9 Å². The molecule has 0 unspecified atom stereocenters. The van der Waals surface area contributed by atoms with Crippen molar-refractivity contribution in [3.63, 3.8) is 0 Å². The lowest BCUT2D eigenvalue weighted by Crippen LogP contribution is -2.40. The number of halogens is 1. The Bertz CT molecular complexity index is 874. The molecule has 0 aromatic heterocycles. The molecule has 1 aliphatic heterocycles. The summed E-state index contributed by atoms with van der Waals surface area (Å²) in [6.07, 6.45) is 1.82. The summed E-state index contributed by atoms with van der Waals surface area (Å²) >= 11 is 5.97. The predicted octanol–water partition coefficient (Wildman–Crippen LogP) is 3.56. The second kappa shape index (κ2) is 9.03. The maximum Gasteiger partial charge on any atom is 0.292 e. The SMILES string of the molecule is NC(=O)[C@H]1CCCN(Cc2cccc(CNc3cc(Cl)ccc3[N+](=O)[O-])c2)C1. The van der Waals surface area contributed by atoms with E-state index >= 15 is 0 Å². The first kappa shape index (κ1) is 20.1. The number of anilines is 1. The molecule has 28 heavy (non-hydrogen) atoms. The topological polar surface area (TPSA) is 102 Å². The number of nitro groups is 1. The minimum Gasteiger partial charge on any atom is -0.375 e. The summed E-state index contributed by atoms with van der Waals surface area (Å²) in [6, 6.07) is 12.5. The van der Waals surface area contributed by atoms with Crippen LogP contribution in [-0.2, 0) is 17.9 Å². The Labute approximate surface area is 168 Å². The van der Waals surface area contributed by atoms with E-state index in [1.165, 1.54) is 12.1 Å². The lowest BCUT2D eigenvalue weighted by atomic mass is 9.97. The molecule has 0 aliphatic carbocycles. The van der Waals surface area contributed by atoms with E-state index in [0.29, 0.717) is 23.8 Å². The van der Waals surface area contributed by atoms with E-state index in [0.717, 1.165) is 37.1 Å². The predicted molar refractivity (Wildman–Crippen MR) is 109 cm³/mol. The molecular weight excluding hydrogens is 380 g/mol. The molecule has 2 aromatic carbocycles. The first-order chi connectivity index (χ1) is 13.4. The van der Waals surface area contributed by atoms with Crippen molar-refractivity contribution in [3.05, 3.63) is 68.7 Å². The van der Waals surface area contributed by atoms with Gasteiger partial charge in [-0.15, -0.1) is 0 Å². The van der Waals surface area contributed by atoms with Crippen molar-refractivity contribution in [1.29, 1.82) is 0 Å². The van der Waals surface area contributed by atoms with Crippen LogP contribution in [0, 0.1) is 16.0 Å². The second-order valence-electron chi connectivity index (χ2n) is 7.07. The van der Waals surface area contributed by atoms with Crippen LogP contribution in [0.5, 0.6) is 0 Å². The maximum atomic E-state index is 11.5. The average Bonchev–Trinajstić information content (AvgIpc) is 2.66.